The third kappa shape index (κ3) is 6.51. The molecule has 0 saturated heterocycles. The molecule has 0 aliphatic heterocycles. The van der Waals surface area contributed by atoms with Crippen molar-refractivity contribution >= 4 is 19.9 Å². The van der Waals surface area contributed by atoms with Crippen LogP contribution in [0.15, 0.2) is 24.3 Å². The Labute approximate surface area is 136 Å². The Balaban J connectivity index is 2.12. The van der Waals surface area contributed by atoms with E-state index in [1.165, 1.54) is 5.56 Å². The molecule has 0 fully saturated rings. The summed E-state index contributed by atoms with van der Waals surface area (Å²) in [7, 11) is -1.59. The Morgan fingerprint density at radius 1 is 1.14 bits per heavy atom. The van der Waals surface area contributed by atoms with E-state index in [1.807, 2.05) is 18.2 Å². The first-order chi connectivity index (χ1) is 9.74. The summed E-state index contributed by atoms with van der Waals surface area (Å²) in [4.78, 5) is 0. The SMILES string of the molecule is CC(C)(C)[Si](C)(C)OCCNCCCc1ccccc1Cl. The molecule has 0 radical (unpaired) electrons. The maximum Gasteiger partial charge on any atom is 0.192 e. The summed E-state index contributed by atoms with van der Waals surface area (Å²) in [6.07, 6.45) is 2.12. The van der Waals surface area contributed by atoms with E-state index in [0.29, 0.717) is 0 Å². The van der Waals surface area contributed by atoms with Crippen LogP contribution in [0.5, 0.6) is 0 Å². The summed E-state index contributed by atoms with van der Waals surface area (Å²) in [5.41, 5.74) is 1.23. The summed E-state index contributed by atoms with van der Waals surface area (Å²) in [6, 6.07) is 8.07. The first kappa shape index (κ1) is 18.7. The van der Waals surface area contributed by atoms with Crippen LogP contribution in [0.25, 0.3) is 0 Å². The molecule has 1 aromatic carbocycles. The van der Waals surface area contributed by atoms with Crippen LogP contribution in [-0.2, 0) is 10.8 Å². The van der Waals surface area contributed by atoms with Crippen molar-refractivity contribution < 1.29 is 4.43 Å². The largest absolute Gasteiger partial charge is 0.416 e. The van der Waals surface area contributed by atoms with Crippen molar-refractivity contribution in [2.75, 3.05) is 19.7 Å². The van der Waals surface area contributed by atoms with E-state index < -0.39 is 8.32 Å². The Bertz CT molecular complexity index is 429. The minimum absolute atomic E-state index is 0.289. The Kier molecular flexibility index (Phi) is 7.41. The van der Waals surface area contributed by atoms with Crippen LogP contribution in [0.3, 0.4) is 0 Å². The third-order valence-electron chi connectivity index (χ3n) is 4.31. The molecule has 2 nitrogen and oxygen atoms in total. The van der Waals surface area contributed by atoms with Gasteiger partial charge in [-0.05, 0) is 49.1 Å². The van der Waals surface area contributed by atoms with Crippen LogP contribution in [-0.4, -0.2) is 28.0 Å². The molecular formula is C17H30ClNOSi. The molecule has 0 unspecified atom stereocenters. The number of benzene rings is 1. The summed E-state index contributed by atoms with van der Waals surface area (Å²) < 4.78 is 6.13. The van der Waals surface area contributed by atoms with Crippen LogP contribution < -0.4 is 5.32 Å². The summed E-state index contributed by atoms with van der Waals surface area (Å²) in [6.45, 7) is 14.2. The lowest BCUT2D eigenvalue weighted by Gasteiger charge is -2.36. The average Bonchev–Trinajstić information content (AvgIpc) is 2.38. The van der Waals surface area contributed by atoms with Crippen molar-refractivity contribution in [1.29, 1.82) is 0 Å². The predicted octanol–water partition coefficient (Wildman–Crippen LogP) is 4.88. The maximum atomic E-state index is 6.14. The van der Waals surface area contributed by atoms with Gasteiger partial charge >= 0.3 is 0 Å². The first-order valence-corrected chi connectivity index (χ1v) is 11.1. The Hall–Kier alpha value is -0.353. The van der Waals surface area contributed by atoms with E-state index >= 15 is 0 Å². The molecule has 1 rings (SSSR count). The van der Waals surface area contributed by atoms with Gasteiger partial charge in [0.25, 0.3) is 0 Å². The Morgan fingerprint density at radius 2 is 1.81 bits per heavy atom. The third-order valence-corrected chi connectivity index (χ3v) is 9.21. The molecule has 0 amide bonds. The molecule has 0 aromatic heterocycles. The predicted molar refractivity (Wildman–Crippen MR) is 95.8 cm³/mol. The van der Waals surface area contributed by atoms with E-state index in [-0.39, 0.29) is 5.04 Å². The lowest BCUT2D eigenvalue weighted by Crippen LogP contribution is -2.42. The molecule has 0 aliphatic rings. The molecule has 0 bridgehead atoms. The summed E-state index contributed by atoms with van der Waals surface area (Å²) >= 11 is 6.14. The second-order valence-electron chi connectivity index (χ2n) is 7.05. The van der Waals surface area contributed by atoms with Crippen molar-refractivity contribution in [2.45, 2.75) is 51.7 Å². The van der Waals surface area contributed by atoms with E-state index in [9.17, 15) is 0 Å². The number of rotatable bonds is 8. The molecule has 0 heterocycles. The number of halogens is 1. The van der Waals surface area contributed by atoms with Crippen molar-refractivity contribution in [2.24, 2.45) is 0 Å². The van der Waals surface area contributed by atoms with Gasteiger partial charge in [-0.2, -0.15) is 0 Å². The summed E-state index contributed by atoms with van der Waals surface area (Å²) in [5, 5.41) is 4.62. The highest BCUT2D eigenvalue weighted by Crippen LogP contribution is 2.36. The molecule has 0 spiro atoms. The standard InChI is InChI=1S/C17H30ClNOSi/c1-17(2,3)21(4,5)20-14-13-19-12-8-10-15-9-6-7-11-16(15)18/h6-7,9,11,19H,8,10,12-14H2,1-5H3. The highest BCUT2D eigenvalue weighted by atomic mass is 35.5. The van der Waals surface area contributed by atoms with Crippen LogP contribution in [0.4, 0.5) is 0 Å². The first-order valence-electron chi connectivity index (χ1n) is 7.82. The fourth-order valence-electron chi connectivity index (χ4n) is 1.82. The van der Waals surface area contributed by atoms with E-state index in [0.717, 1.165) is 37.6 Å². The molecule has 4 heteroatoms. The maximum absolute atomic E-state index is 6.14. The lowest BCUT2D eigenvalue weighted by molar-refractivity contribution is 0.286. The quantitative estimate of drug-likeness (QED) is 0.542. The molecule has 1 N–H and O–H groups in total. The molecule has 1 aromatic rings. The van der Waals surface area contributed by atoms with Gasteiger partial charge in [-0.15, -0.1) is 0 Å². The van der Waals surface area contributed by atoms with Crippen molar-refractivity contribution in [3.63, 3.8) is 0 Å². The number of hydrogen-bond acceptors (Lipinski definition) is 2. The van der Waals surface area contributed by atoms with Gasteiger partial charge in [-0.25, -0.2) is 0 Å². The van der Waals surface area contributed by atoms with Crippen LogP contribution in [0, 0.1) is 0 Å². The highest BCUT2D eigenvalue weighted by molar-refractivity contribution is 6.74. The van der Waals surface area contributed by atoms with Gasteiger partial charge in [0, 0.05) is 18.2 Å². The second kappa shape index (κ2) is 8.32. The second-order valence-corrected chi connectivity index (χ2v) is 12.3. The summed E-state index contributed by atoms with van der Waals surface area (Å²) in [5.74, 6) is 0. The average molecular weight is 328 g/mol. The molecule has 0 saturated carbocycles. The van der Waals surface area contributed by atoms with Gasteiger partial charge in [0.1, 0.15) is 0 Å². The molecular weight excluding hydrogens is 298 g/mol. The van der Waals surface area contributed by atoms with E-state index in [4.69, 9.17) is 16.0 Å². The van der Waals surface area contributed by atoms with Gasteiger partial charge in [0.15, 0.2) is 8.32 Å². The normalized spacial score (nSPS) is 12.7. The fourth-order valence-corrected chi connectivity index (χ4v) is 3.10. The van der Waals surface area contributed by atoms with Crippen LogP contribution >= 0.6 is 11.6 Å². The smallest absolute Gasteiger partial charge is 0.192 e. The van der Waals surface area contributed by atoms with Gasteiger partial charge in [-0.3, -0.25) is 0 Å². The molecule has 120 valence electrons. The minimum atomic E-state index is -1.59. The van der Waals surface area contributed by atoms with Crippen LogP contribution in [0.1, 0.15) is 32.8 Å². The van der Waals surface area contributed by atoms with Crippen molar-refractivity contribution in [1.82, 2.24) is 5.32 Å². The number of aryl methyl sites for hydroxylation is 1. The van der Waals surface area contributed by atoms with Gasteiger partial charge in [0.2, 0.25) is 0 Å². The highest BCUT2D eigenvalue weighted by Gasteiger charge is 2.36. The monoisotopic (exact) mass is 327 g/mol. The molecule has 21 heavy (non-hydrogen) atoms. The van der Waals surface area contributed by atoms with Crippen molar-refractivity contribution in [3.8, 4) is 0 Å². The van der Waals surface area contributed by atoms with E-state index in [2.05, 4.69) is 45.2 Å². The lowest BCUT2D eigenvalue weighted by atomic mass is 10.1. The topological polar surface area (TPSA) is 21.3 Å². The van der Waals surface area contributed by atoms with Gasteiger partial charge in [0.05, 0.1) is 0 Å². The molecule has 0 aliphatic carbocycles. The zero-order chi connectivity index (χ0) is 15.9. The van der Waals surface area contributed by atoms with Gasteiger partial charge in [-0.1, -0.05) is 50.6 Å². The van der Waals surface area contributed by atoms with Crippen LogP contribution in [0.2, 0.25) is 23.2 Å². The van der Waals surface area contributed by atoms with Gasteiger partial charge < -0.3 is 9.74 Å². The minimum Gasteiger partial charge on any atom is -0.416 e. The van der Waals surface area contributed by atoms with E-state index in [1.54, 1.807) is 0 Å². The molecule has 0 atom stereocenters. The Morgan fingerprint density at radius 3 is 2.43 bits per heavy atom. The zero-order valence-corrected chi connectivity index (χ0v) is 15.9. The zero-order valence-electron chi connectivity index (χ0n) is 14.1. The number of nitrogens with one attached hydrogen (secondary N) is 1. The number of hydrogen-bond donors (Lipinski definition) is 1. The fraction of sp³-hybridized carbons (Fsp3) is 0.647. The van der Waals surface area contributed by atoms with Crippen molar-refractivity contribution in [3.05, 3.63) is 34.9 Å².